The van der Waals surface area contributed by atoms with Gasteiger partial charge in [0.2, 0.25) is 0 Å². The van der Waals surface area contributed by atoms with Gasteiger partial charge in [-0.15, -0.1) is 0 Å². The lowest BCUT2D eigenvalue weighted by molar-refractivity contribution is -0.127. The number of benzene rings is 1. The van der Waals surface area contributed by atoms with E-state index < -0.39 is 40.6 Å². The van der Waals surface area contributed by atoms with Crippen molar-refractivity contribution >= 4 is 28.9 Å². The first-order chi connectivity index (χ1) is 14.2. The molecule has 8 nitrogen and oxygen atoms in total. The van der Waals surface area contributed by atoms with Crippen LogP contribution in [0.4, 0.5) is 0 Å². The highest BCUT2D eigenvalue weighted by Gasteiger charge is 2.50. The Hall–Kier alpha value is -3.42. The Morgan fingerprint density at radius 3 is 2.50 bits per heavy atom. The summed E-state index contributed by atoms with van der Waals surface area (Å²) in [6.07, 6.45) is 0.675. The Balaban J connectivity index is 1.90. The quantitative estimate of drug-likeness (QED) is 0.431. The first kappa shape index (κ1) is 19.9. The molecule has 156 valence electrons. The minimum Gasteiger partial charge on any atom is -0.511 e. The number of nitrogens with two attached hydrogens (primary N) is 1. The number of nitrogens with zero attached hydrogens (tertiary/aromatic N) is 1. The van der Waals surface area contributed by atoms with Crippen LogP contribution in [0.1, 0.15) is 36.5 Å². The molecule has 4 rings (SSSR count). The standard InChI is InChI=1S/C22H22N2O6/c1-8(24-2)11-3-4-13(25)17-12(11)6-9-5-10-7-14(26)18(22(23)30)21(29)16(10)19(27)15(9)20(17)28/h3-4,9-10,16,25,28-29H,5-7H2,1-2H3,(H2,23,30)/t9-,10+,16?/m1/s1. The Kier molecular flexibility index (Phi) is 4.52. The van der Waals surface area contributed by atoms with Crippen molar-refractivity contribution < 1.29 is 29.7 Å². The lowest BCUT2D eigenvalue weighted by Gasteiger charge is -2.41. The number of aliphatic imine (C=N–C) groups is 1. The van der Waals surface area contributed by atoms with Crippen molar-refractivity contribution in [1.82, 2.24) is 0 Å². The Morgan fingerprint density at radius 2 is 1.87 bits per heavy atom. The number of aliphatic hydroxyl groups is 2. The summed E-state index contributed by atoms with van der Waals surface area (Å²) < 4.78 is 0. The average Bonchev–Trinajstić information content (AvgIpc) is 2.66. The van der Waals surface area contributed by atoms with Crippen LogP contribution in [-0.4, -0.2) is 45.6 Å². The van der Waals surface area contributed by atoms with Gasteiger partial charge in [0.1, 0.15) is 22.8 Å². The van der Waals surface area contributed by atoms with Gasteiger partial charge < -0.3 is 21.1 Å². The van der Waals surface area contributed by atoms with Crippen LogP contribution in [0, 0.1) is 17.8 Å². The van der Waals surface area contributed by atoms with E-state index in [9.17, 15) is 29.7 Å². The second-order valence-corrected chi connectivity index (χ2v) is 8.05. The van der Waals surface area contributed by atoms with Crippen molar-refractivity contribution in [2.75, 3.05) is 7.05 Å². The van der Waals surface area contributed by atoms with Gasteiger partial charge in [-0.2, -0.15) is 0 Å². The molecule has 0 spiro atoms. The monoisotopic (exact) mass is 410 g/mol. The maximum atomic E-state index is 13.3. The Labute approximate surface area is 172 Å². The number of primary amides is 1. The fourth-order valence-corrected chi connectivity index (χ4v) is 5.10. The van der Waals surface area contributed by atoms with Crippen LogP contribution >= 0.6 is 0 Å². The van der Waals surface area contributed by atoms with Crippen LogP contribution in [0.2, 0.25) is 0 Å². The molecule has 0 radical (unpaired) electrons. The zero-order valence-electron chi connectivity index (χ0n) is 16.6. The molecule has 0 heterocycles. The number of amides is 1. The van der Waals surface area contributed by atoms with Crippen molar-refractivity contribution in [3.63, 3.8) is 0 Å². The molecule has 0 aliphatic heterocycles. The second-order valence-electron chi connectivity index (χ2n) is 8.05. The van der Waals surface area contributed by atoms with E-state index in [1.54, 1.807) is 13.1 Å². The number of rotatable bonds is 2. The van der Waals surface area contributed by atoms with Crippen LogP contribution in [-0.2, 0) is 20.8 Å². The third kappa shape index (κ3) is 2.67. The minimum absolute atomic E-state index is 0.0710. The molecule has 1 aromatic carbocycles. The van der Waals surface area contributed by atoms with E-state index >= 15 is 0 Å². The molecule has 3 atom stereocenters. The number of phenols is 1. The molecule has 0 saturated heterocycles. The van der Waals surface area contributed by atoms with E-state index in [0.717, 1.165) is 11.3 Å². The highest BCUT2D eigenvalue weighted by atomic mass is 16.3. The highest BCUT2D eigenvalue weighted by Crippen LogP contribution is 2.50. The zero-order chi connectivity index (χ0) is 21.9. The van der Waals surface area contributed by atoms with E-state index in [1.807, 2.05) is 6.92 Å². The normalized spacial score (nSPS) is 26.3. The molecule has 1 amide bonds. The van der Waals surface area contributed by atoms with Crippen molar-refractivity contribution in [2.45, 2.75) is 26.2 Å². The lowest BCUT2D eigenvalue weighted by atomic mass is 9.61. The number of aromatic hydroxyl groups is 1. The van der Waals surface area contributed by atoms with Gasteiger partial charge in [-0.05, 0) is 54.9 Å². The van der Waals surface area contributed by atoms with Gasteiger partial charge in [0.15, 0.2) is 11.6 Å². The molecule has 3 aliphatic rings. The average molecular weight is 410 g/mol. The summed E-state index contributed by atoms with van der Waals surface area (Å²) in [4.78, 5) is 41.4. The van der Waals surface area contributed by atoms with Crippen LogP contribution in [0.25, 0.3) is 5.76 Å². The number of hydrogen-bond donors (Lipinski definition) is 4. The molecule has 3 aliphatic carbocycles. The number of ketones is 2. The molecule has 0 bridgehead atoms. The maximum Gasteiger partial charge on any atom is 0.255 e. The van der Waals surface area contributed by atoms with E-state index in [0.29, 0.717) is 18.4 Å². The summed E-state index contributed by atoms with van der Waals surface area (Å²) in [5, 5.41) is 31.9. The van der Waals surface area contributed by atoms with Crippen LogP contribution in [0.3, 0.4) is 0 Å². The van der Waals surface area contributed by atoms with Gasteiger partial charge in [-0.3, -0.25) is 19.4 Å². The first-order valence-electron chi connectivity index (χ1n) is 9.69. The van der Waals surface area contributed by atoms with E-state index in [-0.39, 0.29) is 35.0 Å². The topological polar surface area (TPSA) is 150 Å². The SMILES string of the molecule is CN=C(C)c1ccc(O)c2c1C[C@H]1C[C@H]3CC(=O)C(C(N)=O)=C(O)C3C(=O)C1=C2O. The van der Waals surface area contributed by atoms with Crippen LogP contribution < -0.4 is 5.73 Å². The highest BCUT2D eigenvalue weighted by molar-refractivity contribution is 6.21. The third-order valence-electron chi connectivity index (χ3n) is 6.50. The lowest BCUT2D eigenvalue weighted by Crippen LogP contribution is -2.44. The van der Waals surface area contributed by atoms with Gasteiger partial charge in [-0.25, -0.2) is 0 Å². The molecular weight excluding hydrogens is 388 g/mol. The molecular formula is C22H22N2O6. The number of allylic oxidation sites excluding steroid dienone is 2. The molecule has 1 aromatic rings. The fourth-order valence-electron chi connectivity index (χ4n) is 5.10. The molecule has 1 saturated carbocycles. The summed E-state index contributed by atoms with van der Waals surface area (Å²) in [6, 6.07) is 3.16. The predicted molar refractivity (Wildman–Crippen MR) is 108 cm³/mol. The third-order valence-corrected chi connectivity index (χ3v) is 6.50. The van der Waals surface area contributed by atoms with Gasteiger partial charge in [0.05, 0.1) is 11.5 Å². The molecule has 1 fully saturated rings. The van der Waals surface area contributed by atoms with Crippen LogP contribution in [0.15, 0.2) is 34.0 Å². The smallest absolute Gasteiger partial charge is 0.255 e. The molecule has 1 unspecified atom stereocenters. The van der Waals surface area contributed by atoms with Gasteiger partial charge in [-0.1, -0.05) is 0 Å². The number of Topliss-reactive ketones (excluding diaryl/α,β-unsaturated/α-hetero) is 2. The van der Waals surface area contributed by atoms with E-state index in [1.165, 1.54) is 6.07 Å². The number of carbonyl (C=O) groups is 3. The Bertz CT molecular complexity index is 1110. The summed E-state index contributed by atoms with van der Waals surface area (Å²) in [5.41, 5.74) is 7.14. The van der Waals surface area contributed by atoms with E-state index in [2.05, 4.69) is 4.99 Å². The van der Waals surface area contributed by atoms with Crippen molar-refractivity contribution in [2.24, 2.45) is 28.5 Å². The number of phenolic OH excluding ortho intramolecular Hbond substituents is 1. The number of carbonyl (C=O) groups excluding carboxylic acids is 3. The van der Waals surface area contributed by atoms with Crippen LogP contribution in [0.5, 0.6) is 5.75 Å². The minimum atomic E-state index is -1.11. The van der Waals surface area contributed by atoms with Crippen molar-refractivity contribution in [3.05, 3.63) is 45.7 Å². The molecule has 5 N–H and O–H groups in total. The van der Waals surface area contributed by atoms with Gasteiger partial charge in [0, 0.05) is 24.8 Å². The van der Waals surface area contributed by atoms with Gasteiger partial charge in [0.25, 0.3) is 5.91 Å². The second kappa shape index (κ2) is 6.83. The number of hydrogen-bond acceptors (Lipinski definition) is 7. The van der Waals surface area contributed by atoms with Gasteiger partial charge >= 0.3 is 0 Å². The number of aliphatic hydroxyl groups excluding tert-OH is 2. The predicted octanol–water partition coefficient (Wildman–Crippen LogP) is 1.75. The van der Waals surface area contributed by atoms with E-state index in [4.69, 9.17) is 5.73 Å². The Morgan fingerprint density at radius 1 is 1.17 bits per heavy atom. The summed E-state index contributed by atoms with van der Waals surface area (Å²) in [7, 11) is 1.65. The van der Waals surface area contributed by atoms with Crippen molar-refractivity contribution in [3.8, 4) is 5.75 Å². The first-order valence-corrected chi connectivity index (χ1v) is 9.69. The summed E-state index contributed by atoms with van der Waals surface area (Å²) >= 11 is 0. The maximum absolute atomic E-state index is 13.3. The summed E-state index contributed by atoms with van der Waals surface area (Å²) in [5.74, 6) is -5.29. The van der Waals surface area contributed by atoms with Crippen molar-refractivity contribution in [1.29, 1.82) is 0 Å². The summed E-state index contributed by atoms with van der Waals surface area (Å²) in [6.45, 7) is 1.82. The largest absolute Gasteiger partial charge is 0.511 e. The zero-order valence-corrected chi connectivity index (χ0v) is 16.6. The molecule has 30 heavy (non-hydrogen) atoms. The number of fused-ring (bicyclic) bond motifs is 3. The fraction of sp³-hybridized carbons (Fsp3) is 0.364. The molecule has 8 heteroatoms. The molecule has 0 aromatic heterocycles.